The molecule has 8 heteroatoms. The molecular weight excluding hydrogens is 507 g/mol. The van der Waals surface area contributed by atoms with Crippen LogP contribution in [0.3, 0.4) is 0 Å². The fourth-order valence-corrected chi connectivity index (χ4v) is 2.92. The largest absolute Gasteiger partial charge is 0.490 e. The van der Waals surface area contributed by atoms with Gasteiger partial charge in [-0.1, -0.05) is 18.2 Å². The van der Waals surface area contributed by atoms with Crippen molar-refractivity contribution in [2.75, 3.05) is 27.3 Å². The summed E-state index contributed by atoms with van der Waals surface area (Å²) in [5.41, 5.74) is 2.76. The minimum Gasteiger partial charge on any atom is -0.490 e. The van der Waals surface area contributed by atoms with Crippen molar-refractivity contribution in [3.05, 3.63) is 59.2 Å². The third kappa shape index (κ3) is 7.93. The second kappa shape index (κ2) is 13.7. The van der Waals surface area contributed by atoms with E-state index in [1.807, 2.05) is 56.3 Å². The van der Waals surface area contributed by atoms with Crippen molar-refractivity contribution in [3.63, 3.8) is 0 Å². The van der Waals surface area contributed by atoms with Crippen LogP contribution in [0.25, 0.3) is 0 Å². The van der Waals surface area contributed by atoms with Crippen LogP contribution in [0, 0.1) is 0 Å². The number of aliphatic imine (C=N–C) groups is 1. The number of hydrogen-bond acceptors (Lipinski definition) is 4. The summed E-state index contributed by atoms with van der Waals surface area (Å²) in [7, 11) is 3.36. The first-order chi connectivity index (χ1) is 14.5. The average Bonchev–Trinajstić information content (AvgIpc) is 2.77. The third-order valence-electron chi connectivity index (χ3n) is 4.55. The minimum absolute atomic E-state index is 0. The van der Waals surface area contributed by atoms with Crippen LogP contribution in [-0.2, 0) is 6.54 Å². The standard InChI is InChI=1S/C23H32N4O3.HI/c1-6-29-20-13-12-19(14-21(20)30-7-2)16(3)27-23(25-5)26-15-17-8-10-18(11-9-17)22(28)24-4;/h8-14,16H,6-7,15H2,1-5H3,(H,24,28)(H2,25,26,27);1H. The number of hydrogen-bond donors (Lipinski definition) is 3. The molecule has 0 radical (unpaired) electrons. The summed E-state index contributed by atoms with van der Waals surface area (Å²) in [6.45, 7) is 7.73. The van der Waals surface area contributed by atoms with E-state index in [1.165, 1.54) is 0 Å². The van der Waals surface area contributed by atoms with E-state index in [1.54, 1.807) is 14.1 Å². The lowest BCUT2D eigenvalue weighted by Crippen LogP contribution is -2.38. The van der Waals surface area contributed by atoms with Crippen LogP contribution in [0.4, 0.5) is 0 Å². The van der Waals surface area contributed by atoms with E-state index < -0.39 is 0 Å². The average molecular weight is 540 g/mol. The molecule has 0 saturated heterocycles. The van der Waals surface area contributed by atoms with Gasteiger partial charge in [0.05, 0.1) is 19.3 Å². The molecule has 31 heavy (non-hydrogen) atoms. The van der Waals surface area contributed by atoms with E-state index >= 15 is 0 Å². The lowest BCUT2D eigenvalue weighted by atomic mass is 10.1. The van der Waals surface area contributed by atoms with Crippen LogP contribution in [-0.4, -0.2) is 39.2 Å². The zero-order valence-electron chi connectivity index (χ0n) is 18.8. The number of ether oxygens (including phenoxy) is 2. The molecule has 170 valence electrons. The first kappa shape index (κ1) is 26.5. The van der Waals surface area contributed by atoms with E-state index in [0.29, 0.717) is 31.3 Å². The number of benzene rings is 2. The Bertz CT molecular complexity index is 856. The molecule has 7 nitrogen and oxygen atoms in total. The van der Waals surface area contributed by atoms with Gasteiger partial charge in [-0.2, -0.15) is 0 Å². The number of guanidine groups is 1. The Balaban J connectivity index is 0.00000480. The van der Waals surface area contributed by atoms with Crippen molar-refractivity contribution < 1.29 is 14.3 Å². The van der Waals surface area contributed by atoms with Gasteiger partial charge in [-0.3, -0.25) is 9.79 Å². The molecule has 1 unspecified atom stereocenters. The molecule has 0 aliphatic rings. The first-order valence-corrected chi connectivity index (χ1v) is 10.2. The molecule has 0 heterocycles. The molecule has 1 atom stereocenters. The normalized spacial score (nSPS) is 11.7. The predicted molar refractivity (Wildman–Crippen MR) is 136 cm³/mol. The molecule has 2 aromatic rings. The summed E-state index contributed by atoms with van der Waals surface area (Å²) in [6.07, 6.45) is 0. The summed E-state index contributed by atoms with van der Waals surface area (Å²) >= 11 is 0. The summed E-state index contributed by atoms with van der Waals surface area (Å²) in [4.78, 5) is 16.0. The summed E-state index contributed by atoms with van der Waals surface area (Å²) in [5.74, 6) is 2.08. The number of amides is 1. The molecular formula is C23H33IN4O3. The highest BCUT2D eigenvalue weighted by atomic mass is 127. The number of carbonyl (C=O) groups is 1. The summed E-state index contributed by atoms with van der Waals surface area (Å²) < 4.78 is 11.4. The molecule has 0 bridgehead atoms. The second-order valence-electron chi connectivity index (χ2n) is 6.64. The highest BCUT2D eigenvalue weighted by molar-refractivity contribution is 14.0. The maximum Gasteiger partial charge on any atom is 0.251 e. The van der Waals surface area contributed by atoms with Crippen LogP contribution < -0.4 is 25.4 Å². The highest BCUT2D eigenvalue weighted by Crippen LogP contribution is 2.30. The molecule has 0 spiro atoms. The second-order valence-corrected chi connectivity index (χ2v) is 6.64. The van der Waals surface area contributed by atoms with Crippen LogP contribution in [0.5, 0.6) is 11.5 Å². The van der Waals surface area contributed by atoms with Crippen LogP contribution in [0.15, 0.2) is 47.5 Å². The van der Waals surface area contributed by atoms with Crippen molar-refractivity contribution in [1.82, 2.24) is 16.0 Å². The van der Waals surface area contributed by atoms with Crippen molar-refractivity contribution in [3.8, 4) is 11.5 Å². The molecule has 0 saturated carbocycles. The number of nitrogens with zero attached hydrogens (tertiary/aromatic N) is 1. The van der Waals surface area contributed by atoms with E-state index in [4.69, 9.17) is 9.47 Å². The molecule has 3 N–H and O–H groups in total. The van der Waals surface area contributed by atoms with E-state index in [2.05, 4.69) is 27.9 Å². The summed E-state index contributed by atoms with van der Waals surface area (Å²) in [6, 6.07) is 13.4. The van der Waals surface area contributed by atoms with E-state index in [9.17, 15) is 4.79 Å². The Morgan fingerprint density at radius 2 is 1.68 bits per heavy atom. The predicted octanol–water partition coefficient (Wildman–Crippen LogP) is 3.89. The van der Waals surface area contributed by atoms with E-state index in [-0.39, 0.29) is 35.9 Å². The lowest BCUT2D eigenvalue weighted by molar-refractivity contribution is 0.0963. The summed E-state index contributed by atoms with van der Waals surface area (Å²) in [5, 5.41) is 9.31. The van der Waals surface area contributed by atoms with Crippen molar-refractivity contribution >= 4 is 35.8 Å². The zero-order chi connectivity index (χ0) is 21.9. The van der Waals surface area contributed by atoms with Gasteiger partial charge in [-0.15, -0.1) is 24.0 Å². The molecule has 2 rings (SSSR count). The van der Waals surface area contributed by atoms with E-state index in [0.717, 1.165) is 22.6 Å². The highest BCUT2D eigenvalue weighted by Gasteiger charge is 2.12. The Morgan fingerprint density at radius 1 is 1.03 bits per heavy atom. The zero-order valence-corrected chi connectivity index (χ0v) is 21.2. The SMILES string of the molecule is CCOc1ccc(C(C)NC(=NC)NCc2ccc(C(=O)NC)cc2)cc1OCC.I. The third-order valence-corrected chi connectivity index (χ3v) is 4.55. The van der Waals surface area contributed by atoms with Gasteiger partial charge in [0, 0.05) is 26.2 Å². The van der Waals surface area contributed by atoms with Gasteiger partial charge in [-0.25, -0.2) is 0 Å². The Morgan fingerprint density at radius 3 is 2.26 bits per heavy atom. The van der Waals surface area contributed by atoms with Crippen molar-refractivity contribution in [2.45, 2.75) is 33.4 Å². The number of carbonyl (C=O) groups excluding carboxylic acids is 1. The number of rotatable bonds is 9. The van der Waals surface area contributed by atoms with Crippen LogP contribution in [0.2, 0.25) is 0 Å². The fraction of sp³-hybridized carbons (Fsp3) is 0.391. The topological polar surface area (TPSA) is 84.0 Å². The van der Waals surface area contributed by atoms with Crippen molar-refractivity contribution in [1.29, 1.82) is 0 Å². The van der Waals surface area contributed by atoms with Crippen molar-refractivity contribution in [2.24, 2.45) is 4.99 Å². The maximum atomic E-state index is 11.6. The maximum absolute atomic E-state index is 11.6. The van der Waals surface area contributed by atoms with Gasteiger partial charge < -0.3 is 25.4 Å². The van der Waals surface area contributed by atoms with Gasteiger partial charge in [0.2, 0.25) is 0 Å². The first-order valence-electron chi connectivity index (χ1n) is 10.2. The smallest absolute Gasteiger partial charge is 0.251 e. The molecule has 0 fully saturated rings. The molecule has 0 aliphatic heterocycles. The molecule has 0 aliphatic carbocycles. The molecule has 1 amide bonds. The van der Waals surface area contributed by atoms with Gasteiger partial charge in [0.15, 0.2) is 17.5 Å². The quantitative estimate of drug-likeness (QED) is 0.256. The lowest BCUT2D eigenvalue weighted by Gasteiger charge is -2.20. The Labute approximate surface area is 202 Å². The van der Waals surface area contributed by atoms with Gasteiger partial charge in [-0.05, 0) is 56.2 Å². The number of halogens is 1. The van der Waals surface area contributed by atoms with Crippen LogP contribution >= 0.6 is 24.0 Å². The monoisotopic (exact) mass is 540 g/mol. The molecule has 0 aromatic heterocycles. The van der Waals surface area contributed by atoms with Gasteiger partial charge in [0.25, 0.3) is 5.91 Å². The number of nitrogens with one attached hydrogen (secondary N) is 3. The Kier molecular flexibility index (Phi) is 11.8. The van der Waals surface area contributed by atoms with Gasteiger partial charge in [0.1, 0.15) is 0 Å². The van der Waals surface area contributed by atoms with Crippen LogP contribution in [0.1, 0.15) is 48.3 Å². The molecule has 2 aromatic carbocycles. The fourth-order valence-electron chi connectivity index (χ4n) is 2.92. The minimum atomic E-state index is -0.0948. The Hall–Kier alpha value is -2.49. The van der Waals surface area contributed by atoms with Gasteiger partial charge >= 0.3 is 0 Å².